The monoisotopic (exact) mass is 277 g/mol. The van der Waals surface area contributed by atoms with Crippen LogP contribution in [0.5, 0.6) is 0 Å². The highest BCUT2D eigenvalue weighted by Crippen LogP contribution is 2.41. The fraction of sp³-hybridized carbons (Fsp3) is 0.357. The molecule has 1 aliphatic rings. The number of nitrogens with zero attached hydrogens (tertiary/aromatic N) is 1. The maximum atomic E-state index is 12.2. The van der Waals surface area contributed by atoms with Crippen molar-refractivity contribution in [1.82, 2.24) is 0 Å². The van der Waals surface area contributed by atoms with Crippen molar-refractivity contribution in [3.8, 4) is 0 Å². The predicted molar refractivity (Wildman–Crippen MR) is 70.2 cm³/mol. The van der Waals surface area contributed by atoms with Gasteiger partial charge in [-0.15, -0.1) is 0 Å². The van der Waals surface area contributed by atoms with Crippen molar-refractivity contribution < 1.29 is 23.9 Å². The summed E-state index contributed by atoms with van der Waals surface area (Å²) in [5, 5.41) is 0. The molecule has 1 amide bonds. The second-order valence-corrected chi connectivity index (χ2v) is 4.54. The first kappa shape index (κ1) is 14.0. The Morgan fingerprint density at radius 2 is 1.70 bits per heavy atom. The number of benzene rings is 1. The molecule has 0 bridgehead atoms. The molecule has 0 aromatic heterocycles. The number of esters is 2. The summed E-state index contributed by atoms with van der Waals surface area (Å²) in [7, 11) is 3.95. The number of ether oxygens (including phenoxy) is 2. The molecule has 6 nitrogen and oxygen atoms in total. The van der Waals surface area contributed by atoms with Gasteiger partial charge in [-0.2, -0.15) is 0 Å². The zero-order valence-electron chi connectivity index (χ0n) is 11.5. The fourth-order valence-electron chi connectivity index (χ4n) is 2.50. The van der Waals surface area contributed by atoms with Crippen LogP contribution in [0.1, 0.15) is 12.0 Å². The number of fused-ring (bicyclic) bond motifs is 1. The molecule has 106 valence electrons. The third-order valence-electron chi connectivity index (χ3n) is 3.58. The number of carbonyl (C=O) groups is 3. The van der Waals surface area contributed by atoms with Crippen molar-refractivity contribution >= 4 is 23.5 Å². The summed E-state index contributed by atoms with van der Waals surface area (Å²) >= 11 is 0. The van der Waals surface area contributed by atoms with E-state index in [4.69, 9.17) is 9.47 Å². The van der Waals surface area contributed by atoms with Gasteiger partial charge in [-0.05, 0) is 6.07 Å². The minimum absolute atomic E-state index is 0.306. The SMILES string of the molecule is COC(=O)C1(C(=O)OC)CC(=O)N(C)c2ccccc21. The van der Waals surface area contributed by atoms with Crippen molar-refractivity contribution in [3.63, 3.8) is 0 Å². The van der Waals surface area contributed by atoms with Crippen molar-refractivity contribution in [2.75, 3.05) is 26.2 Å². The van der Waals surface area contributed by atoms with Gasteiger partial charge in [0.25, 0.3) is 0 Å². The average Bonchev–Trinajstić information content (AvgIpc) is 2.49. The number of carbonyl (C=O) groups excluding carboxylic acids is 3. The summed E-state index contributed by atoms with van der Waals surface area (Å²) in [5.41, 5.74) is -0.815. The Morgan fingerprint density at radius 3 is 2.25 bits per heavy atom. The summed E-state index contributed by atoms with van der Waals surface area (Å²) in [4.78, 5) is 38.0. The molecule has 0 saturated carbocycles. The molecule has 0 saturated heterocycles. The van der Waals surface area contributed by atoms with E-state index in [0.717, 1.165) is 0 Å². The molecule has 0 radical (unpaired) electrons. The molecule has 6 heteroatoms. The summed E-state index contributed by atoms with van der Waals surface area (Å²) in [6.07, 6.45) is -0.306. The van der Waals surface area contributed by atoms with Gasteiger partial charge in [0, 0.05) is 18.3 Å². The first-order chi connectivity index (χ1) is 9.48. The first-order valence-corrected chi connectivity index (χ1v) is 6.02. The standard InChI is InChI=1S/C14H15NO5/c1-15-10-7-5-4-6-9(10)14(8-11(15)16,12(17)19-2)13(18)20-3/h4-7H,8H2,1-3H3. The molecule has 20 heavy (non-hydrogen) atoms. The molecule has 0 unspecified atom stereocenters. The number of methoxy groups -OCH3 is 2. The lowest BCUT2D eigenvalue weighted by atomic mass is 9.73. The second kappa shape index (κ2) is 4.96. The van der Waals surface area contributed by atoms with Crippen LogP contribution >= 0.6 is 0 Å². The lowest BCUT2D eigenvalue weighted by Gasteiger charge is -2.37. The molecule has 0 fully saturated rings. The van der Waals surface area contributed by atoms with Crippen LogP contribution in [0, 0.1) is 0 Å². The van der Waals surface area contributed by atoms with Crippen LogP contribution in [0.3, 0.4) is 0 Å². The Labute approximate surface area is 116 Å². The highest BCUT2D eigenvalue weighted by Gasteiger charge is 2.56. The smallest absolute Gasteiger partial charge is 0.328 e. The van der Waals surface area contributed by atoms with E-state index < -0.39 is 17.4 Å². The van der Waals surface area contributed by atoms with E-state index in [1.54, 1.807) is 31.3 Å². The van der Waals surface area contributed by atoms with Crippen LogP contribution in [-0.2, 0) is 29.3 Å². The number of hydrogen-bond donors (Lipinski definition) is 0. The van der Waals surface area contributed by atoms with Gasteiger partial charge >= 0.3 is 11.9 Å². The van der Waals surface area contributed by atoms with Gasteiger partial charge in [0.15, 0.2) is 0 Å². The molecule has 1 heterocycles. The third-order valence-corrected chi connectivity index (χ3v) is 3.58. The van der Waals surface area contributed by atoms with Crippen molar-refractivity contribution in [1.29, 1.82) is 0 Å². The van der Waals surface area contributed by atoms with Crippen molar-refractivity contribution in [2.45, 2.75) is 11.8 Å². The Balaban J connectivity index is 2.75. The molecular weight excluding hydrogens is 262 g/mol. The summed E-state index contributed by atoms with van der Waals surface area (Å²) in [5.74, 6) is -1.93. The molecule has 0 atom stereocenters. The fourth-order valence-corrected chi connectivity index (χ4v) is 2.50. The number of para-hydroxylation sites is 1. The minimum atomic E-state index is -1.73. The molecule has 2 rings (SSSR count). The maximum absolute atomic E-state index is 12.2. The lowest BCUT2D eigenvalue weighted by Crippen LogP contribution is -2.53. The average molecular weight is 277 g/mol. The normalized spacial score (nSPS) is 16.4. The number of anilines is 1. The Kier molecular flexibility index (Phi) is 3.48. The van der Waals surface area contributed by atoms with E-state index >= 15 is 0 Å². The van der Waals surface area contributed by atoms with Gasteiger partial charge < -0.3 is 14.4 Å². The molecule has 1 aromatic carbocycles. The van der Waals surface area contributed by atoms with Crippen molar-refractivity contribution in [2.24, 2.45) is 0 Å². The van der Waals surface area contributed by atoms with Crippen LogP contribution in [0.15, 0.2) is 24.3 Å². The van der Waals surface area contributed by atoms with Gasteiger partial charge in [0.1, 0.15) is 0 Å². The lowest BCUT2D eigenvalue weighted by molar-refractivity contribution is -0.164. The Morgan fingerprint density at radius 1 is 1.15 bits per heavy atom. The zero-order chi connectivity index (χ0) is 14.9. The summed E-state index contributed by atoms with van der Waals surface area (Å²) < 4.78 is 9.49. The number of amides is 1. The summed E-state index contributed by atoms with van der Waals surface area (Å²) in [6, 6.07) is 6.73. The highest BCUT2D eigenvalue weighted by atomic mass is 16.5. The number of rotatable bonds is 2. The largest absolute Gasteiger partial charge is 0.468 e. The number of hydrogen-bond acceptors (Lipinski definition) is 5. The summed E-state index contributed by atoms with van der Waals surface area (Å²) in [6.45, 7) is 0. The van der Waals surface area contributed by atoms with Crippen molar-refractivity contribution in [3.05, 3.63) is 29.8 Å². The molecule has 0 spiro atoms. The molecule has 0 aliphatic carbocycles. The van der Waals surface area contributed by atoms with E-state index in [1.807, 2.05) is 0 Å². The molecule has 1 aliphatic heterocycles. The van der Waals surface area contributed by atoms with Gasteiger partial charge in [-0.3, -0.25) is 14.4 Å². The quantitative estimate of drug-likeness (QED) is 0.586. The second-order valence-electron chi connectivity index (χ2n) is 4.54. The van der Waals surface area contributed by atoms with Crippen LogP contribution < -0.4 is 4.90 Å². The van der Waals surface area contributed by atoms with Crippen LogP contribution in [-0.4, -0.2) is 39.1 Å². The van der Waals surface area contributed by atoms with E-state index in [0.29, 0.717) is 11.3 Å². The van der Waals surface area contributed by atoms with Crippen LogP contribution in [0.4, 0.5) is 5.69 Å². The topological polar surface area (TPSA) is 72.9 Å². The zero-order valence-corrected chi connectivity index (χ0v) is 11.5. The van der Waals surface area contributed by atoms with Gasteiger partial charge in [-0.1, -0.05) is 18.2 Å². The van der Waals surface area contributed by atoms with Crippen LogP contribution in [0.25, 0.3) is 0 Å². The Bertz CT molecular complexity index is 565. The molecular formula is C14H15NO5. The van der Waals surface area contributed by atoms with Gasteiger partial charge in [0.05, 0.1) is 20.6 Å². The molecule has 0 N–H and O–H groups in total. The highest BCUT2D eigenvalue weighted by molar-refractivity contribution is 6.15. The van der Waals surface area contributed by atoms with E-state index in [1.165, 1.54) is 19.1 Å². The molecule has 1 aromatic rings. The minimum Gasteiger partial charge on any atom is -0.468 e. The Hall–Kier alpha value is -2.37. The van der Waals surface area contributed by atoms with E-state index in [9.17, 15) is 14.4 Å². The van der Waals surface area contributed by atoms with E-state index in [2.05, 4.69) is 0 Å². The van der Waals surface area contributed by atoms with Gasteiger partial charge in [0.2, 0.25) is 11.3 Å². The third kappa shape index (κ3) is 1.76. The maximum Gasteiger partial charge on any atom is 0.328 e. The predicted octanol–water partition coefficient (Wildman–Crippen LogP) is 0.637. The van der Waals surface area contributed by atoms with Crippen LogP contribution in [0.2, 0.25) is 0 Å². The van der Waals surface area contributed by atoms with Gasteiger partial charge in [-0.25, -0.2) is 0 Å². The van der Waals surface area contributed by atoms with E-state index in [-0.39, 0.29) is 12.3 Å². The first-order valence-electron chi connectivity index (χ1n) is 6.02.